The molecule has 0 aliphatic heterocycles. The van der Waals surface area contributed by atoms with Gasteiger partial charge in [0.1, 0.15) is 6.10 Å². The van der Waals surface area contributed by atoms with Crippen LogP contribution in [0.3, 0.4) is 0 Å². The number of carboxylic acids is 1. The Hall–Kier alpha value is -4.38. The van der Waals surface area contributed by atoms with Crippen LogP contribution < -0.4 is 5.32 Å². The number of carboxylic acid groups (broad SMARTS) is 1. The summed E-state index contributed by atoms with van der Waals surface area (Å²) in [6.07, 6.45) is -0.869. The Balaban J connectivity index is 1.48. The molecule has 1 unspecified atom stereocenters. The Bertz CT molecular complexity index is 1270. The first-order valence-electron chi connectivity index (χ1n) is 11.0. The summed E-state index contributed by atoms with van der Waals surface area (Å²) >= 11 is 0. The van der Waals surface area contributed by atoms with Crippen molar-refractivity contribution in [1.82, 2.24) is 0 Å². The molecular weight excluding hydrogens is 426 g/mol. The molecule has 5 heteroatoms. The summed E-state index contributed by atoms with van der Waals surface area (Å²) in [5.41, 5.74) is 6.23. The Labute approximate surface area is 198 Å². The number of aliphatic carboxylic acids is 1. The highest BCUT2D eigenvalue weighted by Gasteiger charge is 2.14. The fraction of sp³-hybridized carbons (Fsp3) is 0.103. The van der Waals surface area contributed by atoms with Gasteiger partial charge in [-0.3, -0.25) is 10.1 Å². The minimum Gasteiger partial charge on any atom is -0.481 e. The predicted molar refractivity (Wildman–Crippen MR) is 134 cm³/mol. The Morgan fingerprint density at radius 2 is 1.32 bits per heavy atom. The van der Waals surface area contributed by atoms with Crippen molar-refractivity contribution in [3.8, 4) is 22.3 Å². The van der Waals surface area contributed by atoms with Gasteiger partial charge in [0.2, 0.25) is 0 Å². The topological polar surface area (TPSA) is 75.6 Å². The highest BCUT2D eigenvalue weighted by molar-refractivity contribution is 5.91. The van der Waals surface area contributed by atoms with Crippen LogP contribution in [0.4, 0.5) is 10.5 Å². The molecule has 5 nitrogen and oxygen atoms in total. The van der Waals surface area contributed by atoms with E-state index in [0.717, 1.165) is 33.4 Å². The second-order valence-electron chi connectivity index (χ2n) is 7.97. The average Bonchev–Trinajstić information content (AvgIpc) is 2.85. The lowest BCUT2D eigenvalue weighted by Gasteiger charge is -2.16. The number of rotatable bonds is 7. The maximum absolute atomic E-state index is 12.5. The Morgan fingerprint density at radius 3 is 1.97 bits per heavy atom. The van der Waals surface area contributed by atoms with Crippen LogP contribution in [-0.2, 0) is 16.0 Å². The molecule has 0 aromatic heterocycles. The number of anilines is 1. The van der Waals surface area contributed by atoms with Crippen LogP contribution in [0.15, 0.2) is 103 Å². The summed E-state index contributed by atoms with van der Waals surface area (Å²) in [5.74, 6) is -0.845. The molecule has 2 N–H and O–H groups in total. The molecule has 170 valence electrons. The molecule has 0 fully saturated rings. The molecule has 0 spiro atoms. The van der Waals surface area contributed by atoms with Crippen LogP contribution in [0.25, 0.3) is 22.3 Å². The maximum atomic E-state index is 12.5. The van der Waals surface area contributed by atoms with Gasteiger partial charge in [0.05, 0.1) is 12.1 Å². The molecule has 0 aliphatic carbocycles. The van der Waals surface area contributed by atoms with Gasteiger partial charge in [0, 0.05) is 5.56 Å². The SMILES string of the molecule is CC(OC(=O)Nc1ccccc1-c1ccc(-c2ccc(CC(=O)O)cc2)cc1)c1ccccc1. The molecular formula is C29H25NO4. The van der Waals surface area contributed by atoms with Crippen LogP contribution >= 0.6 is 0 Å². The van der Waals surface area contributed by atoms with Crippen LogP contribution in [-0.4, -0.2) is 17.2 Å². The zero-order valence-electron chi connectivity index (χ0n) is 18.8. The first-order valence-corrected chi connectivity index (χ1v) is 11.0. The third-order valence-corrected chi connectivity index (χ3v) is 5.56. The highest BCUT2D eigenvalue weighted by Crippen LogP contribution is 2.30. The van der Waals surface area contributed by atoms with E-state index >= 15 is 0 Å². The van der Waals surface area contributed by atoms with Crippen LogP contribution in [0.1, 0.15) is 24.2 Å². The molecule has 0 aliphatic rings. The van der Waals surface area contributed by atoms with E-state index in [-0.39, 0.29) is 12.5 Å². The minimum absolute atomic E-state index is 0.00949. The van der Waals surface area contributed by atoms with E-state index in [1.807, 2.05) is 110 Å². The van der Waals surface area contributed by atoms with Crippen molar-refractivity contribution < 1.29 is 19.4 Å². The molecule has 4 aromatic rings. The zero-order valence-corrected chi connectivity index (χ0v) is 18.8. The largest absolute Gasteiger partial charge is 0.481 e. The minimum atomic E-state index is -0.845. The molecule has 0 saturated heterocycles. The van der Waals surface area contributed by atoms with E-state index in [1.54, 1.807) is 0 Å². The number of ether oxygens (including phenoxy) is 1. The lowest BCUT2D eigenvalue weighted by molar-refractivity contribution is -0.136. The normalized spacial score (nSPS) is 11.4. The molecule has 34 heavy (non-hydrogen) atoms. The van der Waals surface area contributed by atoms with Crippen molar-refractivity contribution in [3.63, 3.8) is 0 Å². The smallest absolute Gasteiger partial charge is 0.412 e. The van der Waals surface area contributed by atoms with Gasteiger partial charge in [-0.15, -0.1) is 0 Å². The van der Waals surface area contributed by atoms with Crippen molar-refractivity contribution >= 4 is 17.7 Å². The lowest BCUT2D eigenvalue weighted by Crippen LogP contribution is -2.16. The van der Waals surface area contributed by atoms with E-state index in [2.05, 4.69) is 5.32 Å². The maximum Gasteiger partial charge on any atom is 0.412 e. The predicted octanol–water partition coefficient (Wildman–Crippen LogP) is 6.96. The molecule has 0 bridgehead atoms. The van der Waals surface area contributed by atoms with Gasteiger partial charge in [-0.05, 0) is 40.8 Å². The highest BCUT2D eigenvalue weighted by atomic mass is 16.6. The molecule has 0 saturated carbocycles. The van der Waals surface area contributed by atoms with Crippen molar-refractivity contribution in [2.45, 2.75) is 19.4 Å². The van der Waals surface area contributed by atoms with Crippen molar-refractivity contribution in [2.75, 3.05) is 5.32 Å². The summed E-state index contributed by atoms with van der Waals surface area (Å²) in [5, 5.41) is 11.8. The van der Waals surface area contributed by atoms with Crippen LogP contribution in [0, 0.1) is 0 Å². The Morgan fingerprint density at radius 1 is 0.765 bits per heavy atom. The van der Waals surface area contributed by atoms with E-state index < -0.39 is 12.1 Å². The quantitative estimate of drug-likeness (QED) is 0.319. The van der Waals surface area contributed by atoms with Crippen molar-refractivity contribution in [1.29, 1.82) is 0 Å². The Kier molecular flexibility index (Phi) is 7.04. The first-order chi connectivity index (χ1) is 16.5. The second kappa shape index (κ2) is 10.5. The number of benzene rings is 4. The fourth-order valence-corrected chi connectivity index (χ4v) is 3.77. The number of para-hydroxylation sites is 1. The molecule has 0 heterocycles. The number of amides is 1. The summed E-state index contributed by atoms with van der Waals surface area (Å²) in [7, 11) is 0. The summed E-state index contributed by atoms with van der Waals surface area (Å²) in [6, 6.07) is 32.7. The summed E-state index contributed by atoms with van der Waals surface area (Å²) in [4.78, 5) is 23.4. The van der Waals surface area contributed by atoms with Gasteiger partial charge in [0.25, 0.3) is 0 Å². The number of carbonyl (C=O) groups is 2. The van der Waals surface area contributed by atoms with Gasteiger partial charge in [-0.1, -0.05) is 97.1 Å². The molecule has 4 aromatic carbocycles. The van der Waals surface area contributed by atoms with E-state index in [9.17, 15) is 9.59 Å². The zero-order chi connectivity index (χ0) is 23.9. The number of carbonyl (C=O) groups excluding carboxylic acids is 1. The van der Waals surface area contributed by atoms with Gasteiger partial charge >= 0.3 is 12.1 Å². The second-order valence-corrected chi connectivity index (χ2v) is 7.97. The molecule has 1 atom stereocenters. The van der Waals surface area contributed by atoms with Crippen LogP contribution in [0.2, 0.25) is 0 Å². The van der Waals surface area contributed by atoms with E-state index in [4.69, 9.17) is 9.84 Å². The molecule has 1 amide bonds. The van der Waals surface area contributed by atoms with E-state index in [1.165, 1.54) is 0 Å². The van der Waals surface area contributed by atoms with Crippen LogP contribution in [0.5, 0.6) is 0 Å². The fourth-order valence-electron chi connectivity index (χ4n) is 3.77. The van der Waals surface area contributed by atoms with Gasteiger partial charge in [-0.25, -0.2) is 4.79 Å². The summed E-state index contributed by atoms with van der Waals surface area (Å²) < 4.78 is 5.56. The molecule has 0 radical (unpaired) electrons. The van der Waals surface area contributed by atoms with Gasteiger partial charge < -0.3 is 9.84 Å². The third-order valence-electron chi connectivity index (χ3n) is 5.56. The average molecular weight is 452 g/mol. The van der Waals surface area contributed by atoms with Crippen molar-refractivity contribution in [3.05, 3.63) is 114 Å². The standard InChI is InChI=1S/C29H25NO4/c1-20(22-7-3-2-4-8-22)34-29(33)30-27-10-6-5-9-26(27)25-17-15-24(16-18-25)23-13-11-21(12-14-23)19-28(31)32/h2-18,20H,19H2,1H3,(H,30,33)(H,31,32). The van der Waals surface area contributed by atoms with Gasteiger partial charge in [0.15, 0.2) is 0 Å². The first kappa shape index (κ1) is 22.8. The number of nitrogens with one attached hydrogen (secondary N) is 1. The lowest BCUT2D eigenvalue weighted by atomic mass is 9.98. The molecule has 4 rings (SSSR count). The number of hydrogen-bond donors (Lipinski definition) is 2. The summed E-state index contributed by atoms with van der Waals surface area (Å²) in [6.45, 7) is 1.84. The van der Waals surface area contributed by atoms with Gasteiger partial charge in [-0.2, -0.15) is 0 Å². The monoisotopic (exact) mass is 451 g/mol. The third kappa shape index (κ3) is 5.70. The van der Waals surface area contributed by atoms with Crippen molar-refractivity contribution in [2.24, 2.45) is 0 Å². The number of hydrogen-bond acceptors (Lipinski definition) is 3. The van der Waals surface area contributed by atoms with E-state index in [0.29, 0.717) is 5.69 Å².